The zero-order valence-electron chi connectivity index (χ0n) is 10.1. The number of furan rings is 1. The van der Waals surface area contributed by atoms with Gasteiger partial charge in [0, 0.05) is 9.86 Å². The van der Waals surface area contributed by atoms with Crippen molar-refractivity contribution in [2.45, 2.75) is 32.7 Å². The minimum absolute atomic E-state index is 0.0703. The SMILES string of the molecule is Cc1cc2oc(C(N)C3CC3)cc2c(C)c1Br. The van der Waals surface area contributed by atoms with E-state index in [1.165, 1.54) is 29.4 Å². The highest BCUT2D eigenvalue weighted by Crippen LogP contribution is 2.41. The van der Waals surface area contributed by atoms with E-state index in [1.54, 1.807) is 0 Å². The Bertz CT molecular complexity index is 583. The summed E-state index contributed by atoms with van der Waals surface area (Å²) in [6, 6.07) is 4.26. The Kier molecular flexibility index (Phi) is 2.56. The number of hydrogen-bond acceptors (Lipinski definition) is 2. The van der Waals surface area contributed by atoms with E-state index >= 15 is 0 Å². The van der Waals surface area contributed by atoms with Crippen LogP contribution < -0.4 is 5.73 Å². The highest BCUT2D eigenvalue weighted by Gasteiger charge is 2.31. The number of nitrogens with two attached hydrogens (primary N) is 1. The molecule has 1 saturated carbocycles. The molecule has 2 aromatic rings. The lowest BCUT2D eigenvalue weighted by molar-refractivity contribution is 0.467. The molecule has 1 aliphatic rings. The van der Waals surface area contributed by atoms with Gasteiger partial charge in [-0.3, -0.25) is 0 Å². The molecule has 1 heterocycles. The molecule has 1 aromatic heterocycles. The molecule has 1 aliphatic carbocycles. The molecule has 17 heavy (non-hydrogen) atoms. The van der Waals surface area contributed by atoms with Crippen LogP contribution in [0.4, 0.5) is 0 Å². The standard InChI is InChI=1S/C14H16BrNO/c1-7-5-11-10(8(2)13(7)15)6-12(17-11)14(16)9-3-4-9/h5-6,9,14H,3-4,16H2,1-2H3. The lowest BCUT2D eigenvalue weighted by Gasteiger charge is -2.04. The first-order valence-corrected chi connectivity index (χ1v) is 6.82. The van der Waals surface area contributed by atoms with Crippen LogP contribution in [0.1, 0.15) is 35.8 Å². The fraction of sp³-hybridized carbons (Fsp3) is 0.429. The summed E-state index contributed by atoms with van der Waals surface area (Å²) in [5, 5.41) is 1.17. The Balaban J connectivity index is 2.15. The maximum Gasteiger partial charge on any atom is 0.134 e. The highest BCUT2D eigenvalue weighted by molar-refractivity contribution is 9.10. The van der Waals surface area contributed by atoms with Gasteiger partial charge in [0.25, 0.3) is 0 Å². The molecule has 3 rings (SSSR count). The smallest absolute Gasteiger partial charge is 0.134 e. The quantitative estimate of drug-likeness (QED) is 0.900. The van der Waals surface area contributed by atoms with Gasteiger partial charge in [0.05, 0.1) is 6.04 Å². The third-order valence-electron chi connectivity index (χ3n) is 3.67. The summed E-state index contributed by atoms with van der Waals surface area (Å²) in [5.74, 6) is 1.56. The normalized spacial score (nSPS) is 17.6. The van der Waals surface area contributed by atoms with Gasteiger partial charge in [-0.25, -0.2) is 0 Å². The molecule has 90 valence electrons. The summed E-state index contributed by atoms with van der Waals surface area (Å²) in [6.45, 7) is 4.20. The Morgan fingerprint density at radius 1 is 1.35 bits per heavy atom. The van der Waals surface area contributed by atoms with E-state index in [4.69, 9.17) is 10.2 Å². The summed E-state index contributed by atoms with van der Waals surface area (Å²) >= 11 is 3.61. The first-order valence-electron chi connectivity index (χ1n) is 6.02. The van der Waals surface area contributed by atoms with Gasteiger partial charge in [0.1, 0.15) is 11.3 Å². The molecule has 0 aliphatic heterocycles. The van der Waals surface area contributed by atoms with Gasteiger partial charge >= 0.3 is 0 Å². The molecular weight excluding hydrogens is 278 g/mol. The fourth-order valence-corrected chi connectivity index (χ4v) is 2.68. The summed E-state index contributed by atoms with van der Waals surface area (Å²) in [6.07, 6.45) is 2.47. The second-order valence-electron chi connectivity index (χ2n) is 5.06. The Hall–Kier alpha value is -0.800. The van der Waals surface area contributed by atoms with E-state index in [2.05, 4.69) is 41.9 Å². The van der Waals surface area contributed by atoms with Gasteiger partial charge in [-0.15, -0.1) is 0 Å². The molecular formula is C14H16BrNO. The molecule has 1 atom stereocenters. The highest BCUT2D eigenvalue weighted by atomic mass is 79.9. The zero-order valence-corrected chi connectivity index (χ0v) is 11.7. The summed E-state index contributed by atoms with van der Waals surface area (Å²) in [5.41, 5.74) is 9.58. The predicted octanol–water partition coefficient (Wildman–Crippen LogP) is 4.22. The maximum absolute atomic E-state index is 6.18. The second kappa shape index (κ2) is 3.85. The summed E-state index contributed by atoms with van der Waals surface area (Å²) < 4.78 is 7.07. The van der Waals surface area contributed by atoms with Gasteiger partial charge in [-0.05, 0) is 55.9 Å². The topological polar surface area (TPSA) is 39.2 Å². The monoisotopic (exact) mass is 293 g/mol. The van der Waals surface area contributed by atoms with Gasteiger partial charge in [0.2, 0.25) is 0 Å². The fourth-order valence-electron chi connectivity index (χ4n) is 2.35. The summed E-state index contributed by atoms with van der Waals surface area (Å²) in [4.78, 5) is 0. The van der Waals surface area contributed by atoms with Crippen molar-refractivity contribution in [2.24, 2.45) is 11.7 Å². The van der Waals surface area contributed by atoms with E-state index in [1.807, 2.05) is 0 Å². The van der Waals surface area contributed by atoms with Crippen LogP contribution in [-0.2, 0) is 0 Å². The van der Waals surface area contributed by atoms with Crippen molar-refractivity contribution in [2.75, 3.05) is 0 Å². The lowest BCUT2D eigenvalue weighted by Crippen LogP contribution is -2.10. The van der Waals surface area contributed by atoms with E-state index in [-0.39, 0.29) is 6.04 Å². The van der Waals surface area contributed by atoms with E-state index in [0.717, 1.165) is 15.8 Å². The van der Waals surface area contributed by atoms with Crippen molar-refractivity contribution in [3.05, 3.63) is 33.5 Å². The number of aryl methyl sites for hydroxylation is 2. The number of hydrogen-bond donors (Lipinski definition) is 1. The number of fused-ring (bicyclic) bond motifs is 1. The Morgan fingerprint density at radius 2 is 2.06 bits per heavy atom. The molecule has 0 bridgehead atoms. The Labute approximate surface area is 109 Å². The van der Waals surface area contributed by atoms with E-state index in [0.29, 0.717) is 5.92 Å². The molecule has 0 radical (unpaired) electrons. The van der Waals surface area contributed by atoms with Crippen molar-refractivity contribution < 1.29 is 4.42 Å². The van der Waals surface area contributed by atoms with Crippen LogP contribution in [0.15, 0.2) is 21.0 Å². The number of halogens is 1. The van der Waals surface area contributed by atoms with Crippen LogP contribution in [0, 0.1) is 19.8 Å². The van der Waals surface area contributed by atoms with Gasteiger partial charge in [-0.2, -0.15) is 0 Å². The van der Waals surface area contributed by atoms with Crippen LogP contribution >= 0.6 is 15.9 Å². The molecule has 2 nitrogen and oxygen atoms in total. The number of benzene rings is 1. The summed E-state index contributed by atoms with van der Waals surface area (Å²) in [7, 11) is 0. The van der Waals surface area contributed by atoms with Gasteiger partial charge < -0.3 is 10.2 Å². The van der Waals surface area contributed by atoms with Crippen molar-refractivity contribution >= 4 is 26.9 Å². The van der Waals surface area contributed by atoms with E-state index < -0.39 is 0 Å². The molecule has 2 N–H and O–H groups in total. The largest absolute Gasteiger partial charge is 0.459 e. The van der Waals surface area contributed by atoms with E-state index in [9.17, 15) is 0 Å². The van der Waals surface area contributed by atoms with Gasteiger partial charge in [-0.1, -0.05) is 15.9 Å². The van der Waals surface area contributed by atoms with Crippen molar-refractivity contribution in [3.63, 3.8) is 0 Å². The van der Waals surface area contributed by atoms with Crippen LogP contribution in [0.5, 0.6) is 0 Å². The lowest BCUT2D eigenvalue weighted by atomic mass is 10.1. The third kappa shape index (κ3) is 1.81. The van der Waals surface area contributed by atoms with Crippen LogP contribution in [0.2, 0.25) is 0 Å². The van der Waals surface area contributed by atoms with Crippen LogP contribution in [0.25, 0.3) is 11.0 Å². The van der Waals surface area contributed by atoms with Gasteiger partial charge in [0.15, 0.2) is 0 Å². The molecule has 3 heteroatoms. The second-order valence-corrected chi connectivity index (χ2v) is 5.85. The minimum atomic E-state index is 0.0703. The Morgan fingerprint density at radius 3 is 2.71 bits per heavy atom. The molecule has 0 spiro atoms. The number of rotatable bonds is 2. The maximum atomic E-state index is 6.18. The minimum Gasteiger partial charge on any atom is -0.459 e. The molecule has 1 aromatic carbocycles. The van der Waals surface area contributed by atoms with Crippen molar-refractivity contribution in [1.29, 1.82) is 0 Å². The molecule has 1 unspecified atom stereocenters. The first kappa shape index (κ1) is 11.3. The first-order chi connectivity index (χ1) is 8.08. The molecule has 0 saturated heterocycles. The van der Waals surface area contributed by atoms with Crippen molar-refractivity contribution in [1.82, 2.24) is 0 Å². The molecule has 1 fully saturated rings. The zero-order chi connectivity index (χ0) is 12.2. The predicted molar refractivity (Wildman–Crippen MR) is 73.0 cm³/mol. The molecule has 0 amide bonds. The van der Waals surface area contributed by atoms with Crippen molar-refractivity contribution in [3.8, 4) is 0 Å². The third-order valence-corrected chi connectivity index (χ3v) is 4.89. The van der Waals surface area contributed by atoms with Crippen LogP contribution in [-0.4, -0.2) is 0 Å². The average Bonchev–Trinajstić information content (AvgIpc) is 3.06. The van der Waals surface area contributed by atoms with Crippen LogP contribution in [0.3, 0.4) is 0 Å². The average molecular weight is 294 g/mol.